The molecule has 0 saturated carbocycles. The lowest BCUT2D eigenvalue weighted by Gasteiger charge is -2.09. The van der Waals surface area contributed by atoms with Gasteiger partial charge in [-0.25, -0.2) is 5.48 Å². The molecule has 1 heterocycles. The number of unbranched alkanes of at least 4 members (excludes halogenated alkanes) is 4. The lowest BCUT2D eigenvalue weighted by atomic mass is 10.0. The Bertz CT molecular complexity index is 1480. The van der Waals surface area contributed by atoms with Gasteiger partial charge in [0.1, 0.15) is 0 Å². The smallest absolute Gasteiger partial charge is 0.274 e. The molecule has 1 aromatic heterocycles. The summed E-state index contributed by atoms with van der Waals surface area (Å²) in [6.45, 7) is 4.34. The molecule has 4 rings (SSSR count). The molecule has 0 aliphatic heterocycles. The van der Waals surface area contributed by atoms with Crippen molar-refractivity contribution in [3.63, 3.8) is 0 Å². The first kappa shape index (κ1) is 28.7. The van der Waals surface area contributed by atoms with Crippen LogP contribution in [0.15, 0.2) is 60.7 Å². The Morgan fingerprint density at radius 1 is 0.700 bits per heavy atom. The van der Waals surface area contributed by atoms with E-state index in [9.17, 15) is 19.2 Å². The quantitative estimate of drug-likeness (QED) is 0.0834. The Morgan fingerprint density at radius 2 is 1.23 bits per heavy atom. The molecule has 0 bridgehead atoms. The molecule has 0 fully saturated rings. The molecule has 2 amide bonds. The second-order valence-corrected chi connectivity index (χ2v) is 10.2. The standard InChI is InChI=1S/C32H35N3O5/c1-21(36)25-13-15-29-27(18-25)28-19-26(22(2)37)14-16-30(28)35(29)17-7-5-3-4-6-8-31(38)33-20-23-9-11-24(12-10-23)32(39)34-40/h9-16,18-19,40H,3-8,17,20H2,1-2H3,(H,33,38)(H,34,39). The minimum atomic E-state index is -0.572. The average Bonchev–Trinajstić information content (AvgIpc) is 3.27. The second kappa shape index (κ2) is 13.2. The number of rotatable bonds is 13. The molecule has 0 aliphatic rings. The molecule has 4 aromatic rings. The van der Waals surface area contributed by atoms with Gasteiger partial charge < -0.3 is 9.88 Å². The summed E-state index contributed by atoms with van der Waals surface area (Å²) >= 11 is 0. The number of carbonyl (C=O) groups is 4. The molecule has 0 unspecified atom stereocenters. The molecule has 0 spiro atoms. The monoisotopic (exact) mass is 541 g/mol. The molecule has 0 atom stereocenters. The van der Waals surface area contributed by atoms with Crippen molar-refractivity contribution in [2.24, 2.45) is 0 Å². The summed E-state index contributed by atoms with van der Waals surface area (Å²) < 4.78 is 2.27. The summed E-state index contributed by atoms with van der Waals surface area (Å²) in [4.78, 5) is 47.6. The number of ketones is 2. The van der Waals surface area contributed by atoms with Gasteiger partial charge in [-0.1, -0.05) is 31.4 Å². The van der Waals surface area contributed by atoms with Gasteiger partial charge in [0.25, 0.3) is 5.91 Å². The summed E-state index contributed by atoms with van der Waals surface area (Å²) in [5.74, 6) is -0.542. The van der Waals surface area contributed by atoms with Gasteiger partial charge in [0.15, 0.2) is 11.6 Å². The van der Waals surface area contributed by atoms with Gasteiger partial charge in [0.05, 0.1) is 0 Å². The SMILES string of the molecule is CC(=O)c1ccc2c(c1)c1cc(C(C)=O)ccc1n2CCCCCCCC(=O)NCc1ccc(C(=O)NO)cc1. The third-order valence-corrected chi connectivity index (χ3v) is 7.27. The molecular weight excluding hydrogens is 506 g/mol. The van der Waals surface area contributed by atoms with E-state index in [0.717, 1.165) is 66.0 Å². The zero-order valence-electron chi connectivity index (χ0n) is 23.0. The van der Waals surface area contributed by atoms with Crippen molar-refractivity contribution < 1.29 is 24.4 Å². The summed E-state index contributed by atoms with van der Waals surface area (Å²) in [7, 11) is 0. The maximum absolute atomic E-state index is 12.2. The maximum atomic E-state index is 12.2. The van der Waals surface area contributed by atoms with E-state index in [1.165, 1.54) is 0 Å². The van der Waals surface area contributed by atoms with Gasteiger partial charge in [-0.3, -0.25) is 24.4 Å². The summed E-state index contributed by atoms with van der Waals surface area (Å²) in [6, 6.07) is 18.3. The number of carbonyl (C=O) groups excluding carboxylic acids is 4. The first-order valence-electron chi connectivity index (χ1n) is 13.7. The van der Waals surface area contributed by atoms with Crippen LogP contribution >= 0.6 is 0 Å². The van der Waals surface area contributed by atoms with E-state index in [2.05, 4.69) is 9.88 Å². The van der Waals surface area contributed by atoms with Crippen molar-refractivity contribution in [3.05, 3.63) is 82.9 Å². The van der Waals surface area contributed by atoms with Crippen LogP contribution in [0.5, 0.6) is 0 Å². The van der Waals surface area contributed by atoms with E-state index < -0.39 is 5.91 Å². The van der Waals surface area contributed by atoms with Crippen LogP contribution in [0.2, 0.25) is 0 Å². The zero-order valence-corrected chi connectivity index (χ0v) is 23.0. The van der Waals surface area contributed by atoms with E-state index in [1.54, 1.807) is 43.6 Å². The van der Waals surface area contributed by atoms with Crippen molar-refractivity contribution in [1.82, 2.24) is 15.4 Å². The van der Waals surface area contributed by atoms with E-state index in [0.29, 0.717) is 29.7 Å². The number of amides is 2. The number of Topliss-reactive ketones (excluding diaryl/α,β-unsaturated/α-hetero) is 2. The Labute approximate surface area is 233 Å². The van der Waals surface area contributed by atoms with Crippen molar-refractivity contribution in [2.45, 2.75) is 65.5 Å². The number of hydrogen-bond acceptors (Lipinski definition) is 5. The van der Waals surface area contributed by atoms with Crippen LogP contribution in [0.3, 0.4) is 0 Å². The minimum absolute atomic E-state index is 0.00248. The van der Waals surface area contributed by atoms with Crippen LogP contribution in [-0.4, -0.2) is 33.2 Å². The Morgan fingerprint density at radius 3 is 1.77 bits per heavy atom. The number of aryl methyl sites for hydroxylation is 1. The molecular formula is C32H35N3O5. The van der Waals surface area contributed by atoms with E-state index in [4.69, 9.17) is 5.21 Å². The molecule has 3 N–H and O–H groups in total. The molecule has 0 saturated heterocycles. The highest BCUT2D eigenvalue weighted by atomic mass is 16.5. The third kappa shape index (κ3) is 6.82. The highest BCUT2D eigenvalue weighted by molar-refractivity contribution is 6.12. The first-order valence-corrected chi connectivity index (χ1v) is 13.7. The van der Waals surface area contributed by atoms with Gasteiger partial charge in [0, 0.05) is 58.0 Å². The third-order valence-electron chi connectivity index (χ3n) is 7.27. The normalized spacial score (nSPS) is 11.1. The van der Waals surface area contributed by atoms with Gasteiger partial charge >= 0.3 is 0 Å². The van der Waals surface area contributed by atoms with Crippen LogP contribution in [0.4, 0.5) is 0 Å². The predicted octanol–water partition coefficient (Wildman–Crippen LogP) is 5.98. The first-order chi connectivity index (χ1) is 19.3. The molecule has 0 radical (unpaired) electrons. The van der Waals surface area contributed by atoms with Crippen LogP contribution in [-0.2, 0) is 17.9 Å². The van der Waals surface area contributed by atoms with Crippen LogP contribution < -0.4 is 10.8 Å². The van der Waals surface area contributed by atoms with Crippen molar-refractivity contribution in [2.75, 3.05) is 0 Å². The van der Waals surface area contributed by atoms with Crippen LogP contribution in [0.1, 0.15) is 89.0 Å². The fraction of sp³-hybridized carbons (Fsp3) is 0.312. The van der Waals surface area contributed by atoms with Crippen molar-refractivity contribution >= 4 is 45.2 Å². The highest BCUT2D eigenvalue weighted by Gasteiger charge is 2.14. The number of fused-ring (bicyclic) bond motifs is 3. The fourth-order valence-electron chi connectivity index (χ4n) is 5.00. The number of benzene rings is 3. The van der Waals surface area contributed by atoms with Crippen molar-refractivity contribution in [3.8, 4) is 0 Å². The minimum Gasteiger partial charge on any atom is -0.352 e. The topological polar surface area (TPSA) is 118 Å². The molecule has 8 nitrogen and oxygen atoms in total. The number of hydrogen-bond donors (Lipinski definition) is 3. The average molecular weight is 542 g/mol. The number of nitrogens with one attached hydrogen (secondary N) is 2. The molecule has 8 heteroatoms. The number of aromatic nitrogens is 1. The molecule has 0 aliphatic carbocycles. The maximum Gasteiger partial charge on any atom is 0.274 e. The Balaban J connectivity index is 1.25. The van der Waals surface area contributed by atoms with Crippen LogP contribution in [0.25, 0.3) is 21.8 Å². The Hall–Kier alpha value is -4.30. The van der Waals surface area contributed by atoms with E-state index >= 15 is 0 Å². The lowest BCUT2D eigenvalue weighted by Crippen LogP contribution is -2.22. The van der Waals surface area contributed by atoms with Gasteiger partial charge in [-0.15, -0.1) is 0 Å². The zero-order chi connectivity index (χ0) is 28.6. The fourth-order valence-corrected chi connectivity index (χ4v) is 5.00. The van der Waals surface area contributed by atoms with Gasteiger partial charge in [-0.2, -0.15) is 0 Å². The molecule has 40 heavy (non-hydrogen) atoms. The highest BCUT2D eigenvalue weighted by Crippen LogP contribution is 2.31. The number of nitrogens with zero attached hydrogens (tertiary/aromatic N) is 1. The summed E-state index contributed by atoms with van der Waals surface area (Å²) in [5.41, 5.74) is 6.26. The van der Waals surface area contributed by atoms with E-state index in [-0.39, 0.29) is 17.5 Å². The van der Waals surface area contributed by atoms with Crippen molar-refractivity contribution in [1.29, 1.82) is 0 Å². The largest absolute Gasteiger partial charge is 0.352 e. The second-order valence-electron chi connectivity index (χ2n) is 10.2. The summed E-state index contributed by atoms with van der Waals surface area (Å²) in [5, 5.41) is 13.6. The van der Waals surface area contributed by atoms with Gasteiger partial charge in [0.2, 0.25) is 5.91 Å². The Kier molecular flexibility index (Phi) is 9.45. The van der Waals surface area contributed by atoms with Gasteiger partial charge in [-0.05, 0) is 80.8 Å². The number of hydroxylamine groups is 1. The lowest BCUT2D eigenvalue weighted by molar-refractivity contribution is -0.121. The summed E-state index contributed by atoms with van der Waals surface area (Å²) in [6.07, 6.45) is 5.30. The van der Waals surface area contributed by atoms with Crippen LogP contribution in [0, 0.1) is 0 Å². The predicted molar refractivity (Wildman–Crippen MR) is 155 cm³/mol. The van der Waals surface area contributed by atoms with E-state index in [1.807, 2.05) is 36.4 Å². The molecule has 208 valence electrons. The molecule has 3 aromatic carbocycles.